The van der Waals surface area contributed by atoms with Gasteiger partial charge in [0.2, 0.25) is 10.0 Å². The van der Waals surface area contributed by atoms with Gasteiger partial charge in [0, 0.05) is 43.2 Å². The van der Waals surface area contributed by atoms with Gasteiger partial charge < -0.3 is 19.4 Å². The normalized spacial score (nSPS) is 13.0. The standard InChI is InChI=1S/C34H32N4O6S/c1-21-10-12-23(13-11-21)32-30(33(39)35-2)25-18-24(27(19-29(25)44-32)37(3)45(4,41)42)26-14-15-28-31(36-26)34(40)38(20-43-28)17-16-22-8-6-5-7-9-22/h5-15,18-19H,16-17,20H2,1-4H3,(H,35,39). The molecule has 0 unspecified atom stereocenters. The van der Waals surface area contributed by atoms with Gasteiger partial charge in [-0.05, 0) is 37.1 Å². The van der Waals surface area contributed by atoms with E-state index in [0.29, 0.717) is 57.8 Å². The number of ether oxygens (including phenoxy) is 1. The number of hydrogen-bond donors (Lipinski definition) is 1. The van der Waals surface area contributed by atoms with Crippen LogP contribution in [-0.4, -0.2) is 63.7 Å². The summed E-state index contributed by atoms with van der Waals surface area (Å²) in [6, 6.07) is 24.0. The van der Waals surface area contributed by atoms with Gasteiger partial charge in [-0.15, -0.1) is 0 Å². The van der Waals surface area contributed by atoms with Gasteiger partial charge in [-0.25, -0.2) is 13.4 Å². The van der Waals surface area contributed by atoms with E-state index in [2.05, 4.69) is 5.32 Å². The maximum Gasteiger partial charge on any atom is 0.278 e. The Morgan fingerprint density at radius 1 is 1.04 bits per heavy atom. The molecule has 2 aromatic heterocycles. The number of anilines is 1. The molecule has 0 atom stereocenters. The highest BCUT2D eigenvalue weighted by molar-refractivity contribution is 7.92. The predicted octanol–water partition coefficient (Wildman–Crippen LogP) is 5.26. The van der Waals surface area contributed by atoms with Gasteiger partial charge in [0.25, 0.3) is 11.8 Å². The quantitative estimate of drug-likeness (QED) is 0.250. The number of rotatable bonds is 8. The second-order valence-electron chi connectivity index (χ2n) is 11.0. The molecule has 230 valence electrons. The molecule has 45 heavy (non-hydrogen) atoms. The molecule has 11 heteroatoms. The highest BCUT2D eigenvalue weighted by atomic mass is 32.2. The van der Waals surface area contributed by atoms with Crippen molar-refractivity contribution >= 4 is 38.5 Å². The van der Waals surface area contributed by atoms with Crippen molar-refractivity contribution in [3.63, 3.8) is 0 Å². The van der Waals surface area contributed by atoms with Gasteiger partial charge in [-0.3, -0.25) is 13.9 Å². The van der Waals surface area contributed by atoms with E-state index in [1.807, 2.05) is 61.5 Å². The summed E-state index contributed by atoms with van der Waals surface area (Å²) in [5.74, 6) is 0.0417. The second-order valence-corrected chi connectivity index (χ2v) is 13.0. The minimum atomic E-state index is -3.72. The Morgan fingerprint density at radius 3 is 2.47 bits per heavy atom. The Balaban J connectivity index is 1.48. The van der Waals surface area contributed by atoms with Crippen molar-refractivity contribution in [3.05, 3.63) is 101 Å². The highest BCUT2D eigenvalue weighted by Gasteiger charge is 2.30. The first-order valence-electron chi connectivity index (χ1n) is 14.4. The Bertz CT molecular complexity index is 2040. The number of nitrogens with one attached hydrogen (secondary N) is 1. The number of carbonyl (C=O) groups excluding carboxylic acids is 2. The molecule has 0 radical (unpaired) electrons. The molecule has 0 spiro atoms. The number of aryl methyl sites for hydroxylation is 1. The molecule has 10 nitrogen and oxygen atoms in total. The minimum Gasteiger partial charge on any atom is -0.471 e. The van der Waals surface area contributed by atoms with Crippen LogP contribution in [-0.2, 0) is 16.4 Å². The highest BCUT2D eigenvalue weighted by Crippen LogP contribution is 2.41. The minimum absolute atomic E-state index is 0.0972. The summed E-state index contributed by atoms with van der Waals surface area (Å²) in [6.07, 6.45) is 1.75. The number of pyridine rings is 1. The maximum atomic E-state index is 13.6. The smallest absolute Gasteiger partial charge is 0.278 e. The van der Waals surface area contributed by atoms with Crippen molar-refractivity contribution in [3.8, 4) is 28.3 Å². The summed E-state index contributed by atoms with van der Waals surface area (Å²) in [5, 5.41) is 3.16. The van der Waals surface area contributed by atoms with Crippen LogP contribution < -0.4 is 14.4 Å². The molecule has 0 saturated carbocycles. The number of nitrogens with zero attached hydrogens (tertiary/aromatic N) is 3. The summed E-state index contributed by atoms with van der Waals surface area (Å²) in [4.78, 5) is 33.1. The van der Waals surface area contributed by atoms with E-state index in [-0.39, 0.29) is 29.9 Å². The van der Waals surface area contributed by atoms with E-state index < -0.39 is 10.0 Å². The number of furan rings is 1. The summed E-state index contributed by atoms with van der Waals surface area (Å²) in [6.45, 7) is 2.50. The number of aromatic nitrogens is 1. The Labute approximate surface area is 261 Å². The van der Waals surface area contributed by atoms with Crippen LogP contribution in [0.25, 0.3) is 33.6 Å². The molecule has 0 saturated heterocycles. The first kappa shape index (κ1) is 29.9. The van der Waals surface area contributed by atoms with Gasteiger partial charge in [0.15, 0.2) is 18.2 Å². The number of benzene rings is 3. The van der Waals surface area contributed by atoms with E-state index in [1.54, 1.807) is 29.2 Å². The molecule has 0 bridgehead atoms. The average molecular weight is 625 g/mol. The molecular formula is C34H32N4O6S. The van der Waals surface area contributed by atoms with E-state index in [1.165, 1.54) is 14.1 Å². The number of carbonyl (C=O) groups is 2. The van der Waals surface area contributed by atoms with Gasteiger partial charge in [0.05, 0.1) is 23.2 Å². The van der Waals surface area contributed by atoms with Crippen molar-refractivity contribution in [2.45, 2.75) is 13.3 Å². The van der Waals surface area contributed by atoms with Crippen LogP contribution in [0.2, 0.25) is 0 Å². The predicted molar refractivity (Wildman–Crippen MR) is 173 cm³/mol. The van der Waals surface area contributed by atoms with Crippen LogP contribution in [0.3, 0.4) is 0 Å². The van der Waals surface area contributed by atoms with Crippen molar-refractivity contribution in [1.82, 2.24) is 15.2 Å². The molecule has 6 rings (SSSR count). The van der Waals surface area contributed by atoms with Crippen molar-refractivity contribution in [2.75, 3.05) is 37.9 Å². The molecule has 3 heterocycles. The van der Waals surface area contributed by atoms with Crippen molar-refractivity contribution in [2.24, 2.45) is 0 Å². The molecule has 5 aromatic rings. The fourth-order valence-electron chi connectivity index (χ4n) is 5.33. The Hall–Kier alpha value is -5.16. The van der Waals surface area contributed by atoms with Crippen molar-refractivity contribution < 1.29 is 27.2 Å². The molecule has 0 fully saturated rings. The van der Waals surface area contributed by atoms with Crippen LogP contribution in [0.4, 0.5) is 5.69 Å². The van der Waals surface area contributed by atoms with Crippen LogP contribution in [0.5, 0.6) is 5.75 Å². The third kappa shape index (κ3) is 5.74. The van der Waals surface area contributed by atoms with E-state index in [0.717, 1.165) is 21.7 Å². The summed E-state index contributed by atoms with van der Waals surface area (Å²) in [5.41, 5.74) is 4.59. The molecule has 1 aliphatic rings. The SMILES string of the molecule is CNC(=O)c1c(-c2ccc(C)cc2)oc2cc(N(C)S(C)(=O)=O)c(-c3ccc4c(n3)C(=O)N(CCc3ccccc3)CO4)cc12. The molecule has 1 N–H and O–H groups in total. The Kier molecular flexibility index (Phi) is 7.80. The zero-order chi connectivity index (χ0) is 31.9. The number of fused-ring (bicyclic) bond motifs is 2. The lowest BCUT2D eigenvalue weighted by molar-refractivity contribution is 0.0515. The van der Waals surface area contributed by atoms with E-state index >= 15 is 0 Å². The zero-order valence-corrected chi connectivity index (χ0v) is 26.1. The fraction of sp³-hybridized carbons (Fsp3) is 0.206. The second kappa shape index (κ2) is 11.7. The lowest BCUT2D eigenvalue weighted by atomic mass is 10.00. The van der Waals surface area contributed by atoms with Gasteiger partial charge >= 0.3 is 0 Å². The van der Waals surface area contributed by atoms with Crippen LogP contribution in [0.1, 0.15) is 32.0 Å². The van der Waals surface area contributed by atoms with Crippen LogP contribution in [0, 0.1) is 6.92 Å². The first-order chi connectivity index (χ1) is 21.5. The Morgan fingerprint density at radius 2 is 1.78 bits per heavy atom. The van der Waals surface area contributed by atoms with E-state index in [4.69, 9.17) is 14.1 Å². The lowest BCUT2D eigenvalue weighted by Crippen LogP contribution is -2.40. The zero-order valence-electron chi connectivity index (χ0n) is 25.3. The summed E-state index contributed by atoms with van der Waals surface area (Å²) in [7, 11) is -0.755. The monoisotopic (exact) mass is 624 g/mol. The molecular weight excluding hydrogens is 592 g/mol. The topological polar surface area (TPSA) is 122 Å². The molecule has 0 aliphatic carbocycles. The molecule has 2 amide bonds. The van der Waals surface area contributed by atoms with Gasteiger partial charge in [-0.1, -0.05) is 60.2 Å². The third-order valence-electron chi connectivity index (χ3n) is 7.92. The third-order valence-corrected chi connectivity index (χ3v) is 9.12. The molecule has 3 aromatic carbocycles. The maximum absolute atomic E-state index is 13.6. The summed E-state index contributed by atoms with van der Waals surface area (Å²) >= 11 is 0. The largest absolute Gasteiger partial charge is 0.471 e. The van der Waals surface area contributed by atoms with Gasteiger partial charge in [0.1, 0.15) is 11.3 Å². The fourth-order valence-corrected chi connectivity index (χ4v) is 5.84. The lowest BCUT2D eigenvalue weighted by Gasteiger charge is -2.28. The number of amides is 2. The van der Waals surface area contributed by atoms with Crippen LogP contribution >= 0.6 is 0 Å². The molecule has 1 aliphatic heterocycles. The van der Waals surface area contributed by atoms with E-state index in [9.17, 15) is 18.0 Å². The van der Waals surface area contributed by atoms with Crippen LogP contribution in [0.15, 0.2) is 83.3 Å². The summed E-state index contributed by atoms with van der Waals surface area (Å²) < 4.78 is 38.8. The van der Waals surface area contributed by atoms with Gasteiger partial charge in [-0.2, -0.15) is 0 Å². The number of sulfonamides is 1. The number of hydrogen-bond acceptors (Lipinski definition) is 7. The first-order valence-corrected chi connectivity index (χ1v) is 16.2. The average Bonchev–Trinajstić information content (AvgIpc) is 3.42. The van der Waals surface area contributed by atoms with Crippen molar-refractivity contribution in [1.29, 1.82) is 0 Å².